The Bertz CT molecular complexity index is 1650. The Balaban J connectivity index is 1.65. The summed E-state index contributed by atoms with van der Waals surface area (Å²) in [4.78, 5) is 30.5. The van der Waals surface area contributed by atoms with Crippen LogP contribution in [0.5, 0.6) is 11.5 Å². The van der Waals surface area contributed by atoms with Crippen molar-refractivity contribution in [3.05, 3.63) is 89.8 Å². The summed E-state index contributed by atoms with van der Waals surface area (Å²) in [5.74, 6) is 0.594. The van der Waals surface area contributed by atoms with Crippen molar-refractivity contribution in [3.8, 4) is 11.5 Å². The standard InChI is InChI=1S/C28H25Br2ClN4O4/c1-15(2)27-34-21-10-9-18(29)12-19(21)28(37)35(27)32-13-17-11-22(38-4)26(25(31)24(17)30)39-14-23(36)33-20-8-6-5-7-16(20)3/h5-13,15H,14H2,1-4H3,(H,33,36). The number of benzene rings is 3. The van der Waals surface area contributed by atoms with Gasteiger partial charge in [0.2, 0.25) is 0 Å². The number of fused-ring (bicyclic) bond motifs is 1. The van der Waals surface area contributed by atoms with Crippen LogP contribution in [-0.4, -0.2) is 35.5 Å². The second-order valence-electron chi connectivity index (χ2n) is 8.92. The minimum absolute atomic E-state index is 0.0638. The molecule has 202 valence electrons. The smallest absolute Gasteiger partial charge is 0.282 e. The predicted molar refractivity (Wildman–Crippen MR) is 162 cm³/mol. The number of nitrogens with one attached hydrogen (secondary N) is 1. The molecule has 1 heterocycles. The van der Waals surface area contributed by atoms with Crippen LogP contribution in [-0.2, 0) is 4.79 Å². The van der Waals surface area contributed by atoms with E-state index in [-0.39, 0.29) is 34.8 Å². The monoisotopic (exact) mass is 674 g/mol. The fourth-order valence-corrected chi connectivity index (χ4v) is 4.81. The zero-order valence-electron chi connectivity index (χ0n) is 21.6. The highest BCUT2D eigenvalue weighted by Gasteiger charge is 2.19. The maximum absolute atomic E-state index is 13.3. The molecule has 8 nitrogen and oxygen atoms in total. The third-order valence-corrected chi connectivity index (χ3v) is 7.74. The largest absolute Gasteiger partial charge is 0.493 e. The van der Waals surface area contributed by atoms with Gasteiger partial charge < -0.3 is 14.8 Å². The van der Waals surface area contributed by atoms with Crippen LogP contribution >= 0.6 is 43.5 Å². The van der Waals surface area contributed by atoms with Crippen LogP contribution in [0.2, 0.25) is 5.02 Å². The normalized spacial score (nSPS) is 11.4. The van der Waals surface area contributed by atoms with Crippen molar-refractivity contribution < 1.29 is 14.3 Å². The van der Waals surface area contributed by atoms with E-state index in [0.29, 0.717) is 38.2 Å². The molecule has 1 amide bonds. The number of nitrogens with zero attached hydrogens (tertiary/aromatic N) is 3. The SMILES string of the molecule is COc1cc(C=Nn2c(C(C)C)nc3ccc(Br)cc3c2=O)c(Br)c(Cl)c1OCC(=O)Nc1ccccc1C. The highest BCUT2D eigenvalue weighted by Crippen LogP contribution is 2.42. The van der Waals surface area contributed by atoms with Gasteiger partial charge in [-0.25, -0.2) is 4.98 Å². The molecule has 0 aliphatic rings. The summed E-state index contributed by atoms with van der Waals surface area (Å²) < 4.78 is 13.7. The van der Waals surface area contributed by atoms with Crippen molar-refractivity contribution >= 4 is 72.2 Å². The molecule has 0 atom stereocenters. The van der Waals surface area contributed by atoms with E-state index in [4.69, 9.17) is 21.1 Å². The van der Waals surface area contributed by atoms with Gasteiger partial charge in [0.15, 0.2) is 18.1 Å². The van der Waals surface area contributed by atoms with Gasteiger partial charge in [-0.05, 0) is 58.7 Å². The van der Waals surface area contributed by atoms with Gasteiger partial charge in [0, 0.05) is 26.1 Å². The van der Waals surface area contributed by atoms with Gasteiger partial charge in [-0.15, -0.1) is 0 Å². The van der Waals surface area contributed by atoms with Crippen molar-refractivity contribution in [2.24, 2.45) is 5.10 Å². The van der Waals surface area contributed by atoms with E-state index in [1.807, 2.05) is 51.1 Å². The lowest BCUT2D eigenvalue weighted by atomic mass is 10.2. The van der Waals surface area contributed by atoms with Crippen LogP contribution in [0.15, 0.2) is 67.4 Å². The van der Waals surface area contributed by atoms with Gasteiger partial charge in [-0.2, -0.15) is 9.78 Å². The van der Waals surface area contributed by atoms with Crippen LogP contribution in [0.3, 0.4) is 0 Å². The quantitative estimate of drug-likeness (QED) is 0.205. The molecule has 0 saturated carbocycles. The van der Waals surface area contributed by atoms with E-state index in [2.05, 4.69) is 47.3 Å². The second kappa shape index (κ2) is 12.3. The molecule has 1 aromatic heterocycles. The predicted octanol–water partition coefficient (Wildman–Crippen LogP) is 6.92. The summed E-state index contributed by atoms with van der Waals surface area (Å²) in [5.41, 5.74) is 2.46. The van der Waals surface area contributed by atoms with Gasteiger partial charge >= 0.3 is 0 Å². The number of rotatable bonds is 8. The molecule has 0 radical (unpaired) electrons. The summed E-state index contributed by atoms with van der Waals surface area (Å²) in [5, 5.41) is 7.91. The highest BCUT2D eigenvalue weighted by atomic mass is 79.9. The molecule has 1 N–H and O–H groups in total. The Morgan fingerprint density at radius 1 is 1.21 bits per heavy atom. The molecular formula is C28H25Br2ClN4O4. The maximum atomic E-state index is 13.3. The number of aromatic nitrogens is 2. The number of methoxy groups -OCH3 is 1. The van der Waals surface area contributed by atoms with Crippen LogP contribution in [0.25, 0.3) is 10.9 Å². The Kier molecular flexibility index (Phi) is 9.09. The number of hydrogen-bond donors (Lipinski definition) is 1. The van der Waals surface area contributed by atoms with Crippen LogP contribution in [0, 0.1) is 6.92 Å². The molecule has 3 aromatic carbocycles. The molecule has 0 aliphatic heterocycles. The third kappa shape index (κ3) is 6.34. The summed E-state index contributed by atoms with van der Waals surface area (Å²) in [6.07, 6.45) is 1.49. The van der Waals surface area contributed by atoms with Gasteiger partial charge in [-0.3, -0.25) is 9.59 Å². The Morgan fingerprint density at radius 2 is 1.95 bits per heavy atom. The summed E-state index contributed by atoms with van der Waals surface area (Å²) in [6.45, 7) is 5.50. The number of carbonyl (C=O) groups is 1. The number of amides is 1. The number of carbonyl (C=O) groups excluding carboxylic acids is 1. The number of anilines is 1. The average molecular weight is 677 g/mol. The van der Waals surface area contributed by atoms with Gasteiger partial charge in [0.1, 0.15) is 10.8 Å². The second-order valence-corrected chi connectivity index (χ2v) is 11.0. The van der Waals surface area contributed by atoms with E-state index in [0.717, 1.165) is 10.0 Å². The first-order chi connectivity index (χ1) is 18.6. The first kappa shape index (κ1) is 28.8. The first-order valence-electron chi connectivity index (χ1n) is 11.9. The minimum Gasteiger partial charge on any atom is -0.493 e. The molecule has 0 spiro atoms. The summed E-state index contributed by atoms with van der Waals surface area (Å²) >= 11 is 13.5. The van der Waals surface area contributed by atoms with Crippen LogP contribution < -0.4 is 20.3 Å². The average Bonchev–Trinajstić information content (AvgIpc) is 2.91. The van der Waals surface area contributed by atoms with Crippen molar-refractivity contribution in [2.45, 2.75) is 26.7 Å². The zero-order chi connectivity index (χ0) is 28.3. The van der Waals surface area contributed by atoms with Gasteiger partial charge in [0.25, 0.3) is 11.5 Å². The summed E-state index contributed by atoms with van der Waals surface area (Å²) in [6, 6.07) is 14.5. The fraction of sp³-hybridized carbons (Fsp3) is 0.214. The molecule has 0 unspecified atom stereocenters. The molecule has 11 heteroatoms. The number of aryl methyl sites for hydroxylation is 1. The van der Waals surface area contributed by atoms with Crippen LogP contribution in [0.1, 0.15) is 36.7 Å². The molecule has 0 saturated heterocycles. The van der Waals surface area contributed by atoms with E-state index < -0.39 is 0 Å². The van der Waals surface area contributed by atoms with E-state index in [9.17, 15) is 9.59 Å². The molecular weight excluding hydrogens is 652 g/mol. The molecule has 4 aromatic rings. The molecule has 0 fully saturated rings. The third-order valence-electron chi connectivity index (χ3n) is 5.80. The van der Waals surface area contributed by atoms with E-state index >= 15 is 0 Å². The molecule has 39 heavy (non-hydrogen) atoms. The number of para-hydroxylation sites is 1. The molecule has 0 bridgehead atoms. The fourth-order valence-electron chi connectivity index (χ4n) is 3.79. The van der Waals surface area contributed by atoms with E-state index in [1.54, 1.807) is 18.2 Å². The Labute approximate surface area is 247 Å². The highest BCUT2D eigenvalue weighted by molar-refractivity contribution is 9.10. The van der Waals surface area contributed by atoms with Crippen molar-refractivity contribution in [2.75, 3.05) is 19.0 Å². The minimum atomic E-state index is -0.347. The summed E-state index contributed by atoms with van der Waals surface area (Å²) in [7, 11) is 1.47. The van der Waals surface area contributed by atoms with Crippen molar-refractivity contribution in [3.63, 3.8) is 0 Å². The van der Waals surface area contributed by atoms with Crippen molar-refractivity contribution in [1.29, 1.82) is 0 Å². The number of hydrogen-bond acceptors (Lipinski definition) is 6. The zero-order valence-corrected chi connectivity index (χ0v) is 25.5. The molecule has 0 aliphatic carbocycles. The Hall–Kier alpha value is -3.21. The van der Waals surface area contributed by atoms with Gasteiger partial charge in [-0.1, -0.05) is 59.6 Å². The number of halogens is 3. The van der Waals surface area contributed by atoms with Gasteiger partial charge in [0.05, 0.1) is 24.2 Å². The maximum Gasteiger partial charge on any atom is 0.282 e. The van der Waals surface area contributed by atoms with E-state index in [1.165, 1.54) is 18.0 Å². The lowest BCUT2D eigenvalue weighted by Gasteiger charge is -2.16. The first-order valence-corrected chi connectivity index (χ1v) is 13.9. The topological polar surface area (TPSA) is 94.8 Å². The lowest BCUT2D eigenvalue weighted by molar-refractivity contribution is -0.118. The van der Waals surface area contributed by atoms with Crippen LogP contribution in [0.4, 0.5) is 5.69 Å². The molecule has 4 rings (SSSR count). The van der Waals surface area contributed by atoms with Crippen molar-refractivity contribution in [1.82, 2.24) is 9.66 Å². The Morgan fingerprint density at radius 3 is 2.64 bits per heavy atom. The number of ether oxygens (including phenoxy) is 2. The lowest BCUT2D eigenvalue weighted by Crippen LogP contribution is -2.23.